The fourth-order valence-corrected chi connectivity index (χ4v) is 3.30. The lowest BCUT2D eigenvalue weighted by Gasteiger charge is -2.32. The highest BCUT2D eigenvalue weighted by molar-refractivity contribution is 5.23. The second kappa shape index (κ2) is 9.93. The molecule has 2 rings (SSSR count). The highest BCUT2D eigenvalue weighted by Gasteiger charge is 2.23. The zero-order chi connectivity index (χ0) is 19.9. The molecule has 0 aliphatic rings. The maximum Gasteiger partial charge on any atom is 0.126 e. The number of hydrogen-bond acceptors (Lipinski definition) is 3. The Morgan fingerprint density at radius 1 is 1.00 bits per heavy atom. The SMILES string of the molecule is CCc1cccc(CNC[C@@H](CC)N[C@](C)(N)Cc2cc(F)cc(F)c2)c1. The number of rotatable bonds is 10. The highest BCUT2D eigenvalue weighted by Crippen LogP contribution is 2.14. The molecule has 0 aliphatic heterocycles. The van der Waals surface area contributed by atoms with E-state index in [-0.39, 0.29) is 6.04 Å². The van der Waals surface area contributed by atoms with E-state index in [1.165, 1.54) is 23.3 Å². The van der Waals surface area contributed by atoms with E-state index < -0.39 is 17.3 Å². The monoisotopic (exact) mass is 375 g/mol. The van der Waals surface area contributed by atoms with Gasteiger partial charge in [-0.3, -0.25) is 5.32 Å². The molecule has 0 radical (unpaired) electrons. The third kappa shape index (κ3) is 7.37. The van der Waals surface area contributed by atoms with Crippen LogP contribution in [-0.2, 0) is 19.4 Å². The van der Waals surface area contributed by atoms with Crippen molar-refractivity contribution in [1.29, 1.82) is 0 Å². The Balaban J connectivity index is 1.88. The molecule has 0 aliphatic carbocycles. The standard InChI is InChI=1S/C22H31F2N3/c1-4-16-7-6-8-17(9-16)14-26-15-21(5-2)27-22(3,25)13-18-10-19(23)12-20(24)11-18/h6-12,21,26-27H,4-5,13-15,25H2,1-3H3/t21-,22+/m1/s1. The first-order valence-electron chi connectivity index (χ1n) is 9.61. The quantitative estimate of drug-likeness (QED) is 0.552. The van der Waals surface area contributed by atoms with Gasteiger partial charge in [-0.25, -0.2) is 8.78 Å². The van der Waals surface area contributed by atoms with Crippen LogP contribution in [0.1, 0.15) is 43.9 Å². The molecule has 0 saturated heterocycles. The zero-order valence-corrected chi connectivity index (χ0v) is 16.5. The fourth-order valence-electron chi connectivity index (χ4n) is 3.30. The molecule has 5 heteroatoms. The van der Waals surface area contributed by atoms with Gasteiger partial charge < -0.3 is 11.1 Å². The molecule has 4 N–H and O–H groups in total. The fraction of sp³-hybridized carbons (Fsp3) is 0.455. The van der Waals surface area contributed by atoms with Crippen LogP contribution in [0.4, 0.5) is 8.78 Å². The summed E-state index contributed by atoms with van der Waals surface area (Å²) in [7, 11) is 0. The van der Waals surface area contributed by atoms with E-state index in [4.69, 9.17) is 5.73 Å². The number of hydrogen-bond donors (Lipinski definition) is 3. The predicted octanol–water partition coefficient (Wildman–Crippen LogP) is 3.90. The van der Waals surface area contributed by atoms with Crippen molar-refractivity contribution in [2.24, 2.45) is 5.73 Å². The molecular formula is C22H31F2N3. The van der Waals surface area contributed by atoms with Gasteiger partial charge in [-0.2, -0.15) is 0 Å². The van der Waals surface area contributed by atoms with Gasteiger partial charge in [0.15, 0.2) is 0 Å². The summed E-state index contributed by atoms with van der Waals surface area (Å²) in [6, 6.07) is 12.2. The Hall–Kier alpha value is -1.82. The summed E-state index contributed by atoms with van der Waals surface area (Å²) < 4.78 is 26.8. The minimum absolute atomic E-state index is 0.160. The maximum absolute atomic E-state index is 13.4. The van der Waals surface area contributed by atoms with Crippen LogP contribution < -0.4 is 16.4 Å². The largest absolute Gasteiger partial charge is 0.313 e. The third-order valence-electron chi connectivity index (χ3n) is 4.64. The van der Waals surface area contributed by atoms with E-state index in [0.717, 1.165) is 32.0 Å². The van der Waals surface area contributed by atoms with Crippen LogP contribution in [0.3, 0.4) is 0 Å². The van der Waals surface area contributed by atoms with E-state index in [2.05, 4.69) is 48.7 Å². The second-order valence-corrected chi connectivity index (χ2v) is 7.43. The van der Waals surface area contributed by atoms with Gasteiger partial charge in [-0.15, -0.1) is 0 Å². The normalized spacial score (nSPS) is 14.7. The van der Waals surface area contributed by atoms with Gasteiger partial charge in [0.05, 0.1) is 5.66 Å². The van der Waals surface area contributed by atoms with Crippen molar-refractivity contribution in [3.05, 3.63) is 70.8 Å². The Bertz CT molecular complexity index is 711. The molecule has 0 unspecified atom stereocenters. The van der Waals surface area contributed by atoms with Gasteiger partial charge >= 0.3 is 0 Å². The zero-order valence-electron chi connectivity index (χ0n) is 16.5. The summed E-state index contributed by atoms with van der Waals surface area (Å²) in [6.45, 7) is 7.65. The third-order valence-corrected chi connectivity index (χ3v) is 4.64. The molecule has 0 heterocycles. The van der Waals surface area contributed by atoms with Gasteiger partial charge in [-0.1, -0.05) is 38.1 Å². The Kier molecular flexibility index (Phi) is 7.90. The molecule has 0 aromatic heterocycles. The predicted molar refractivity (Wildman–Crippen MR) is 107 cm³/mol. The number of halogens is 2. The Labute approximate surface area is 161 Å². The van der Waals surface area contributed by atoms with Crippen molar-refractivity contribution < 1.29 is 8.78 Å². The van der Waals surface area contributed by atoms with Crippen LogP contribution in [0.2, 0.25) is 0 Å². The minimum Gasteiger partial charge on any atom is -0.313 e. The van der Waals surface area contributed by atoms with Gasteiger partial charge in [0.1, 0.15) is 11.6 Å². The minimum atomic E-state index is -0.759. The van der Waals surface area contributed by atoms with Gasteiger partial charge in [0.25, 0.3) is 0 Å². The van der Waals surface area contributed by atoms with E-state index >= 15 is 0 Å². The summed E-state index contributed by atoms with van der Waals surface area (Å²) in [5.74, 6) is -1.16. The lowest BCUT2D eigenvalue weighted by molar-refractivity contribution is 0.300. The van der Waals surface area contributed by atoms with E-state index in [0.29, 0.717) is 12.0 Å². The molecule has 2 atom stereocenters. The van der Waals surface area contributed by atoms with Crippen LogP contribution in [-0.4, -0.2) is 18.2 Å². The van der Waals surface area contributed by atoms with Crippen LogP contribution in [0.25, 0.3) is 0 Å². The molecule has 3 nitrogen and oxygen atoms in total. The Morgan fingerprint density at radius 3 is 2.30 bits per heavy atom. The summed E-state index contributed by atoms with van der Waals surface area (Å²) >= 11 is 0. The maximum atomic E-state index is 13.4. The molecule has 2 aromatic rings. The van der Waals surface area contributed by atoms with Crippen LogP contribution in [0.15, 0.2) is 42.5 Å². The first-order chi connectivity index (χ1) is 12.8. The number of nitrogens with one attached hydrogen (secondary N) is 2. The van der Waals surface area contributed by atoms with Crippen molar-refractivity contribution in [1.82, 2.24) is 10.6 Å². The average molecular weight is 376 g/mol. The summed E-state index contributed by atoms with van der Waals surface area (Å²) in [4.78, 5) is 0. The van der Waals surface area contributed by atoms with Crippen molar-refractivity contribution in [3.8, 4) is 0 Å². The lowest BCUT2D eigenvalue weighted by Crippen LogP contribution is -2.58. The first kappa shape index (κ1) is 21.5. The molecule has 27 heavy (non-hydrogen) atoms. The molecule has 0 amide bonds. The molecular weight excluding hydrogens is 344 g/mol. The molecule has 0 spiro atoms. The highest BCUT2D eigenvalue weighted by atomic mass is 19.1. The first-order valence-corrected chi connectivity index (χ1v) is 9.61. The van der Waals surface area contributed by atoms with Crippen molar-refractivity contribution in [2.45, 2.75) is 58.3 Å². The van der Waals surface area contributed by atoms with Crippen LogP contribution in [0.5, 0.6) is 0 Å². The van der Waals surface area contributed by atoms with Crippen molar-refractivity contribution >= 4 is 0 Å². The Morgan fingerprint density at radius 2 is 1.67 bits per heavy atom. The number of nitrogens with two attached hydrogens (primary N) is 1. The van der Waals surface area contributed by atoms with Gasteiger partial charge in [0.2, 0.25) is 0 Å². The van der Waals surface area contributed by atoms with Crippen molar-refractivity contribution in [3.63, 3.8) is 0 Å². The lowest BCUT2D eigenvalue weighted by atomic mass is 10.00. The average Bonchev–Trinajstić information content (AvgIpc) is 2.59. The molecule has 2 aromatic carbocycles. The summed E-state index contributed by atoms with van der Waals surface area (Å²) in [5, 5.41) is 6.88. The number of aryl methyl sites for hydroxylation is 1. The van der Waals surface area contributed by atoms with Crippen LogP contribution >= 0.6 is 0 Å². The molecule has 0 fully saturated rings. The van der Waals surface area contributed by atoms with E-state index in [1.807, 2.05) is 6.92 Å². The second-order valence-electron chi connectivity index (χ2n) is 7.43. The molecule has 148 valence electrons. The topological polar surface area (TPSA) is 50.1 Å². The number of benzene rings is 2. The molecule has 0 bridgehead atoms. The molecule has 0 saturated carbocycles. The summed E-state index contributed by atoms with van der Waals surface area (Å²) in [5.41, 5.74) is 8.74. The van der Waals surface area contributed by atoms with E-state index in [1.54, 1.807) is 0 Å². The van der Waals surface area contributed by atoms with Crippen LogP contribution in [0, 0.1) is 11.6 Å². The van der Waals surface area contributed by atoms with Crippen molar-refractivity contribution in [2.75, 3.05) is 6.54 Å². The smallest absolute Gasteiger partial charge is 0.126 e. The van der Waals surface area contributed by atoms with Gasteiger partial charge in [0, 0.05) is 31.6 Å². The summed E-state index contributed by atoms with van der Waals surface area (Å²) in [6.07, 6.45) is 2.27. The van der Waals surface area contributed by atoms with E-state index in [9.17, 15) is 8.78 Å². The van der Waals surface area contributed by atoms with Gasteiger partial charge in [-0.05, 0) is 48.6 Å².